The van der Waals surface area contributed by atoms with Gasteiger partial charge in [-0.25, -0.2) is 4.99 Å². The minimum Gasteiger partial charge on any atom is -0.394 e. The predicted molar refractivity (Wildman–Crippen MR) is 68.8 cm³/mol. The quantitative estimate of drug-likeness (QED) is 0.537. The number of amidine groups is 1. The lowest BCUT2D eigenvalue weighted by Crippen LogP contribution is -2.40. The van der Waals surface area contributed by atoms with Crippen molar-refractivity contribution >= 4 is 5.84 Å². The number of hydrogen-bond acceptors (Lipinski definition) is 4. The molecule has 2 N–H and O–H groups in total. The molecule has 0 aromatic carbocycles. The van der Waals surface area contributed by atoms with Crippen molar-refractivity contribution in [3.8, 4) is 0 Å². The average Bonchev–Trinajstić information content (AvgIpc) is 2.36. The minimum absolute atomic E-state index is 0.0511. The molecular weight excluding hydrogens is 218 g/mol. The predicted octanol–water partition coefficient (Wildman–Crippen LogP) is 0.345. The van der Waals surface area contributed by atoms with Crippen molar-refractivity contribution < 1.29 is 9.84 Å². The van der Waals surface area contributed by atoms with Crippen molar-refractivity contribution in [3.63, 3.8) is 0 Å². The molecule has 1 unspecified atom stereocenters. The van der Waals surface area contributed by atoms with Crippen LogP contribution in [0, 0.1) is 0 Å². The fraction of sp³-hybridized carbons (Fsp3) is 0.583. The van der Waals surface area contributed by atoms with E-state index in [2.05, 4.69) is 28.4 Å². The molecule has 0 amide bonds. The van der Waals surface area contributed by atoms with Crippen molar-refractivity contribution in [3.05, 3.63) is 25.1 Å². The van der Waals surface area contributed by atoms with Gasteiger partial charge in [0.05, 0.1) is 19.8 Å². The number of nitrogens with one attached hydrogen (secondary N) is 1. The lowest BCUT2D eigenvalue weighted by atomic mass is 10.3. The van der Waals surface area contributed by atoms with Gasteiger partial charge in [0, 0.05) is 19.1 Å². The van der Waals surface area contributed by atoms with E-state index < -0.39 is 0 Å². The van der Waals surface area contributed by atoms with Gasteiger partial charge in [0.15, 0.2) is 0 Å². The topological polar surface area (TPSA) is 57.1 Å². The molecule has 1 saturated heterocycles. The van der Waals surface area contributed by atoms with Gasteiger partial charge in [0.25, 0.3) is 0 Å². The third-order valence-electron chi connectivity index (χ3n) is 2.45. The Morgan fingerprint density at radius 3 is 2.76 bits per heavy atom. The summed E-state index contributed by atoms with van der Waals surface area (Å²) in [5.74, 6) is 1.32. The fourth-order valence-electron chi connectivity index (χ4n) is 1.54. The van der Waals surface area contributed by atoms with E-state index >= 15 is 0 Å². The summed E-state index contributed by atoms with van der Waals surface area (Å²) >= 11 is 0. The van der Waals surface area contributed by atoms with Crippen LogP contribution in [0.25, 0.3) is 0 Å². The minimum atomic E-state index is -0.0537. The maximum atomic E-state index is 8.92. The first kappa shape index (κ1) is 13.7. The van der Waals surface area contributed by atoms with Crippen molar-refractivity contribution in [1.82, 2.24) is 10.2 Å². The summed E-state index contributed by atoms with van der Waals surface area (Å²) in [4.78, 5) is 6.46. The lowest BCUT2D eigenvalue weighted by Gasteiger charge is -2.28. The van der Waals surface area contributed by atoms with Crippen LogP contribution in [0.15, 0.2) is 30.0 Å². The Labute approximate surface area is 102 Å². The summed E-state index contributed by atoms with van der Waals surface area (Å²) in [7, 11) is 0. The second-order valence-electron chi connectivity index (χ2n) is 3.95. The Hall–Kier alpha value is -1.33. The van der Waals surface area contributed by atoms with E-state index in [1.165, 1.54) is 0 Å². The number of nitrogens with zero attached hydrogens (tertiary/aromatic N) is 2. The van der Waals surface area contributed by atoms with E-state index in [0.717, 1.165) is 18.9 Å². The molecule has 1 rings (SSSR count). The van der Waals surface area contributed by atoms with E-state index in [1.807, 2.05) is 6.92 Å². The average molecular weight is 239 g/mol. The zero-order chi connectivity index (χ0) is 12.7. The number of rotatable bonds is 5. The third kappa shape index (κ3) is 4.58. The summed E-state index contributed by atoms with van der Waals surface area (Å²) in [6.07, 6.45) is 1.71. The first-order valence-corrected chi connectivity index (χ1v) is 5.77. The molecule has 96 valence electrons. The van der Waals surface area contributed by atoms with Crippen LogP contribution in [-0.4, -0.2) is 54.8 Å². The highest BCUT2D eigenvalue weighted by Crippen LogP contribution is 2.02. The standard InChI is InChI=1S/C12H21N3O2/c1-4-12(15-5-7-17-8-6-15)14-11(3)13-10(2)9-16/h4,10,13,16H,1,3,5-9H2,2H3/b14-12+. The summed E-state index contributed by atoms with van der Waals surface area (Å²) in [5.41, 5.74) is 0. The van der Waals surface area contributed by atoms with E-state index in [9.17, 15) is 0 Å². The smallest absolute Gasteiger partial charge is 0.130 e. The molecule has 1 aliphatic rings. The van der Waals surface area contributed by atoms with Gasteiger partial charge in [-0.15, -0.1) is 0 Å². The molecule has 0 saturated carbocycles. The van der Waals surface area contributed by atoms with Crippen LogP contribution in [0.1, 0.15) is 6.92 Å². The Morgan fingerprint density at radius 1 is 1.59 bits per heavy atom. The summed E-state index contributed by atoms with van der Waals surface area (Å²) in [6, 6.07) is -0.0537. The molecule has 1 fully saturated rings. The van der Waals surface area contributed by atoms with Crippen molar-refractivity contribution in [2.75, 3.05) is 32.9 Å². The molecule has 0 radical (unpaired) electrons. The van der Waals surface area contributed by atoms with Crippen LogP contribution in [0.4, 0.5) is 0 Å². The molecule has 0 spiro atoms. The first-order chi connectivity index (χ1) is 8.17. The van der Waals surface area contributed by atoms with Gasteiger partial charge in [-0.2, -0.15) is 0 Å². The lowest BCUT2D eigenvalue weighted by molar-refractivity contribution is 0.0684. The molecule has 5 nitrogen and oxygen atoms in total. The van der Waals surface area contributed by atoms with Crippen molar-refractivity contribution in [1.29, 1.82) is 0 Å². The van der Waals surface area contributed by atoms with E-state index in [-0.39, 0.29) is 12.6 Å². The Kier molecular flexibility index (Phi) is 5.72. The maximum absolute atomic E-state index is 8.92. The highest BCUT2D eigenvalue weighted by atomic mass is 16.5. The van der Waals surface area contributed by atoms with E-state index in [1.54, 1.807) is 6.08 Å². The second kappa shape index (κ2) is 7.09. The monoisotopic (exact) mass is 239 g/mol. The molecule has 1 heterocycles. The van der Waals surface area contributed by atoms with Crippen molar-refractivity contribution in [2.45, 2.75) is 13.0 Å². The van der Waals surface area contributed by atoms with Gasteiger partial charge in [-0.1, -0.05) is 13.2 Å². The largest absolute Gasteiger partial charge is 0.394 e. The van der Waals surface area contributed by atoms with Crippen LogP contribution in [-0.2, 0) is 4.74 Å². The van der Waals surface area contributed by atoms with Gasteiger partial charge in [0.1, 0.15) is 11.7 Å². The fourth-order valence-corrected chi connectivity index (χ4v) is 1.54. The number of aliphatic hydroxyl groups is 1. The van der Waals surface area contributed by atoms with Gasteiger partial charge in [-0.05, 0) is 13.0 Å². The Balaban J connectivity index is 2.58. The second-order valence-corrected chi connectivity index (χ2v) is 3.95. The number of ether oxygens (including phenoxy) is 1. The SMILES string of the molecule is C=C/C(=N\C(=C)NC(C)CO)N1CCOCC1. The van der Waals surface area contributed by atoms with Crippen LogP contribution in [0.3, 0.4) is 0 Å². The summed E-state index contributed by atoms with van der Waals surface area (Å²) < 4.78 is 5.28. The summed E-state index contributed by atoms with van der Waals surface area (Å²) in [6.45, 7) is 12.5. The van der Waals surface area contributed by atoms with E-state index in [0.29, 0.717) is 19.0 Å². The zero-order valence-electron chi connectivity index (χ0n) is 10.4. The number of aliphatic hydroxyl groups excluding tert-OH is 1. The van der Waals surface area contributed by atoms with E-state index in [4.69, 9.17) is 9.84 Å². The highest BCUT2D eigenvalue weighted by molar-refractivity contribution is 5.93. The molecule has 5 heteroatoms. The Bertz CT molecular complexity index is 296. The highest BCUT2D eigenvalue weighted by Gasteiger charge is 2.13. The molecule has 1 atom stereocenters. The zero-order valence-corrected chi connectivity index (χ0v) is 10.4. The van der Waals surface area contributed by atoms with Crippen LogP contribution < -0.4 is 5.32 Å². The normalized spacial score (nSPS) is 18.7. The summed E-state index contributed by atoms with van der Waals surface area (Å²) in [5, 5.41) is 11.9. The van der Waals surface area contributed by atoms with Gasteiger partial charge >= 0.3 is 0 Å². The molecule has 0 bridgehead atoms. The van der Waals surface area contributed by atoms with Gasteiger partial charge in [0.2, 0.25) is 0 Å². The molecule has 0 aliphatic carbocycles. The molecule has 17 heavy (non-hydrogen) atoms. The molecule has 0 aromatic heterocycles. The number of hydrogen-bond donors (Lipinski definition) is 2. The van der Waals surface area contributed by atoms with Gasteiger partial charge < -0.3 is 20.1 Å². The van der Waals surface area contributed by atoms with Gasteiger partial charge in [-0.3, -0.25) is 0 Å². The molecular formula is C12H21N3O2. The number of morpholine rings is 1. The van der Waals surface area contributed by atoms with Crippen molar-refractivity contribution in [2.24, 2.45) is 4.99 Å². The molecule has 1 aliphatic heterocycles. The maximum Gasteiger partial charge on any atom is 0.130 e. The third-order valence-corrected chi connectivity index (χ3v) is 2.45. The van der Waals surface area contributed by atoms with Crippen LogP contribution in [0.2, 0.25) is 0 Å². The van der Waals surface area contributed by atoms with Crippen LogP contribution >= 0.6 is 0 Å². The first-order valence-electron chi connectivity index (χ1n) is 5.77. The number of aliphatic imine (C=N–C) groups is 1. The van der Waals surface area contributed by atoms with Crippen LogP contribution in [0.5, 0.6) is 0 Å². The Morgan fingerprint density at radius 2 is 2.24 bits per heavy atom. The molecule has 0 aromatic rings.